The highest BCUT2D eigenvalue weighted by Gasteiger charge is 2.21. The summed E-state index contributed by atoms with van der Waals surface area (Å²) in [6.45, 7) is 0.560. The number of halogens is 1. The van der Waals surface area contributed by atoms with Crippen LogP contribution in [-0.2, 0) is 9.59 Å². The number of carbonyl (C=O) groups is 2. The fraction of sp³-hybridized carbons (Fsp3) is 0.333. The van der Waals surface area contributed by atoms with Gasteiger partial charge in [0.2, 0.25) is 0 Å². The molecule has 112 valence electrons. The summed E-state index contributed by atoms with van der Waals surface area (Å²) in [6.07, 6.45) is 4.66. The first-order chi connectivity index (χ1) is 10.1. The second-order valence-electron chi connectivity index (χ2n) is 4.86. The van der Waals surface area contributed by atoms with E-state index in [4.69, 9.17) is 21.4 Å². The molecule has 2 N–H and O–H groups in total. The molecule has 1 aliphatic rings. The number of carboxylic acid groups (broad SMARTS) is 1. The predicted molar refractivity (Wildman–Crippen MR) is 79.4 cm³/mol. The van der Waals surface area contributed by atoms with E-state index in [1.165, 1.54) is 18.9 Å². The standard InChI is InChI=1S/C15H16ClNO4/c16-12-2-1-3-13(11(12)6-7-15(19)20)21-9-14(18)17-8-10-4-5-10/h1-3,6-7,10H,4-5,8-9H2,(H,17,18)(H,19,20)/b7-6+. The molecule has 0 heterocycles. The van der Waals surface area contributed by atoms with Gasteiger partial charge in [0.25, 0.3) is 5.91 Å². The fourth-order valence-electron chi connectivity index (χ4n) is 1.73. The summed E-state index contributed by atoms with van der Waals surface area (Å²) in [7, 11) is 0. The van der Waals surface area contributed by atoms with Crippen LogP contribution in [0.2, 0.25) is 5.02 Å². The van der Waals surface area contributed by atoms with E-state index in [9.17, 15) is 9.59 Å². The molecule has 5 nitrogen and oxygen atoms in total. The molecule has 0 radical (unpaired) electrons. The van der Waals surface area contributed by atoms with Crippen LogP contribution in [0.5, 0.6) is 5.75 Å². The number of carboxylic acids is 1. The Morgan fingerprint density at radius 2 is 2.19 bits per heavy atom. The highest BCUT2D eigenvalue weighted by molar-refractivity contribution is 6.32. The summed E-state index contributed by atoms with van der Waals surface area (Å²) in [5.41, 5.74) is 0.441. The Morgan fingerprint density at radius 1 is 1.43 bits per heavy atom. The monoisotopic (exact) mass is 309 g/mol. The number of hydrogen-bond donors (Lipinski definition) is 2. The first-order valence-electron chi connectivity index (χ1n) is 6.65. The van der Waals surface area contributed by atoms with Gasteiger partial charge in [0.1, 0.15) is 5.75 Å². The second kappa shape index (κ2) is 7.13. The number of carbonyl (C=O) groups excluding carboxylic acids is 1. The molecule has 6 heteroatoms. The van der Waals surface area contributed by atoms with Crippen molar-refractivity contribution in [1.82, 2.24) is 5.32 Å². The maximum absolute atomic E-state index is 11.6. The van der Waals surface area contributed by atoms with E-state index in [0.29, 0.717) is 28.8 Å². The van der Waals surface area contributed by atoms with Crippen molar-refractivity contribution in [3.05, 3.63) is 34.9 Å². The second-order valence-corrected chi connectivity index (χ2v) is 5.27. The Hall–Kier alpha value is -2.01. The first-order valence-corrected chi connectivity index (χ1v) is 7.03. The molecule has 0 unspecified atom stereocenters. The average Bonchev–Trinajstić information content (AvgIpc) is 3.25. The van der Waals surface area contributed by atoms with Crippen LogP contribution in [-0.4, -0.2) is 30.1 Å². The summed E-state index contributed by atoms with van der Waals surface area (Å²) in [5, 5.41) is 11.8. The van der Waals surface area contributed by atoms with Gasteiger partial charge in [0, 0.05) is 18.2 Å². The minimum Gasteiger partial charge on any atom is -0.483 e. The number of ether oxygens (including phenoxy) is 1. The third-order valence-electron chi connectivity index (χ3n) is 3.05. The maximum atomic E-state index is 11.6. The minimum absolute atomic E-state index is 0.124. The normalized spacial score (nSPS) is 14.1. The lowest BCUT2D eigenvalue weighted by Crippen LogP contribution is -2.30. The molecule has 21 heavy (non-hydrogen) atoms. The zero-order valence-corrected chi connectivity index (χ0v) is 12.1. The van der Waals surface area contributed by atoms with E-state index in [-0.39, 0.29) is 12.5 Å². The van der Waals surface area contributed by atoms with Crippen LogP contribution in [0.3, 0.4) is 0 Å². The van der Waals surface area contributed by atoms with Gasteiger partial charge in [-0.25, -0.2) is 4.79 Å². The average molecular weight is 310 g/mol. The van der Waals surface area contributed by atoms with E-state index in [0.717, 1.165) is 6.08 Å². The van der Waals surface area contributed by atoms with Crippen molar-refractivity contribution in [2.24, 2.45) is 5.92 Å². The molecule has 0 aromatic heterocycles. The fourth-order valence-corrected chi connectivity index (χ4v) is 1.96. The largest absolute Gasteiger partial charge is 0.483 e. The molecular weight excluding hydrogens is 294 g/mol. The van der Waals surface area contributed by atoms with Gasteiger partial charge in [-0.3, -0.25) is 4.79 Å². The molecule has 1 aromatic rings. The van der Waals surface area contributed by atoms with Gasteiger partial charge in [0.15, 0.2) is 6.61 Å². The van der Waals surface area contributed by atoms with E-state index < -0.39 is 5.97 Å². The van der Waals surface area contributed by atoms with Crippen LogP contribution < -0.4 is 10.1 Å². The van der Waals surface area contributed by atoms with Crippen molar-refractivity contribution in [1.29, 1.82) is 0 Å². The van der Waals surface area contributed by atoms with Crippen LogP contribution >= 0.6 is 11.6 Å². The van der Waals surface area contributed by atoms with Gasteiger partial charge < -0.3 is 15.2 Å². The number of rotatable bonds is 7. The molecule has 2 rings (SSSR count). The smallest absolute Gasteiger partial charge is 0.328 e. The molecule has 0 spiro atoms. The SMILES string of the molecule is O=C(O)/C=C/c1c(Cl)cccc1OCC(=O)NCC1CC1. The van der Waals surface area contributed by atoms with Crippen molar-refractivity contribution in [2.75, 3.05) is 13.2 Å². The lowest BCUT2D eigenvalue weighted by atomic mass is 10.2. The number of hydrogen-bond acceptors (Lipinski definition) is 3. The highest BCUT2D eigenvalue weighted by atomic mass is 35.5. The number of nitrogens with one attached hydrogen (secondary N) is 1. The highest BCUT2D eigenvalue weighted by Crippen LogP contribution is 2.28. The van der Waals surface area contributed by atoms with Gasteiger partial charge in [-0.2, -0.15) is 0 Å². The Bertz CT molecular complexity index is 567. The third-order valence-corrected chi connectivity index (χ3v) is 3.38. The van der Waals surface area contributed by atoms with Crippen LogP contribution in [0.25, 0.3) is 6.08 Å². The topological polar surface area (TPSA) is 75.6 Å². The molecule has 1 aliphatic carbocycles. The summed E-state index contributed by atoms with van der Waals surface area (Å²) < 4.78 is 5.42. The van der Waals surface area contributed by atoms with E-state index in [1.54, 1.807) is 18.2 Å². The van der Waals surface area contributed by atoms with Crippen LogP contribution in [0.15, 0.2) is 24.3 Å². The van der Waals surface area contributed by atoms with Crippen molar-refractivity contribution in [3.63, 3.8) is 0 Å². The Kier molecular flexibility index (Phi) is 5.22. The van der Waals surface area contributed by atoms with Crippen LogP contribution in [0.1, 0.15) is 18.4 Å². The van der Waals surface area contributed by atoms with Crippen molar-refractivity contribution in [3.8, 4) is 5.75 Å². The molecule has 0 saturated heterocycles. The molecule has 1 fully saturated rings. The quantitative estimate of drug-likeness (QED) is 0.758. The minimum atomic E-state index is -1.08. The number of benzene rings is 1. The van der Waals surface area contributed by atoms with Crippen molar-refractivity contribution >= 4 is 29.6 Å². The van der Waals surface area contributed by atoms with E-state index in [2.05, 4.69) is 5.32 Å². The molecule has 1 saturated carbocycles. The lowest BCUT2D eigenvalue weighted by Gasteiger charge is -2.10. The lowest BCUT2D eigenvalue weighted by molar-refractivity contribution is -0.131. The predicted octanol–water partition coefficient (Wildman–Crippen LogP) is 2.34. The van der Waals surface area contributed by atoms with Crippen molar-refractivity contribution in [2.45, 2.75) is 12.8 Å². The van der Waals surface area contributed by atoms with Gasteiger partial charge in [-0.05, 0) is 37.0 Å². The zero-order valence-electron chi connectivity index (χ0n) is 11.3. The molecular formula is C15H16ClNO4. The Morgan fingerprint density at radius 3 is 2.86 bits per heavy atom. The number of amides is 1. The summed E-state index contributed by atoms with van der Waals surface area (Å²) in [4.78, 5) is 22.2. The summed E-state index contributed by atoms with van der Waals surface area (Å²) in [5.74, 6) is -0.297. The Balaban J connectivity index is 1.96. The summed E-state index contributed by atoms with van der Waals surface area (Å²) >= 11 is 6.01. The van der Waals surface area contributed by atoms with Gasteiger partial charge >= 0.3 is 5.97 Å². The molecule has 1 amide bonds. The van der Waals surface area contributed by atoms with Gasteiger partial charge in [-0.1, -0.05) is 17.7 Å². The Labute approximate surface area is 127 Å². The molecule has 0 bridgehead atoms. The van der Waals surface area contributed by atoms with Crippen LogP contribution in [0.4, 0.5) is 0 Å². The van der Waals surface area contributed by atoms with Crippen LogP contribution in [0, 0.1) is 5.92 Å². The maximum Gasteiger partial charge on any atom is 0.328 e. The molecule has 0 atom stereocenters. The van der Waals surface area contributed by atoms with E-state index >= 15 is 0 Å². The number of aliphatic carboxylic acids is 1. The zero-order chi connectivity index (χ0) is 15.2. The molecule has 1 aromatic carbocycles. The first kappa shape index (κ1) is 15.4. The van der Waals surface area contributed by atoms with Gasteiger partial charge in [-0.15, -0.1) is 0 Å². The van der Waals surface area contributed by atoms with E-state index in [1.807, 2.05) is 0 Å². The summed E-state index contributed by atoms with van der Waals surface area (Å²) in [6, 6.07) is 4.95. The molecule has 0 aliphatic heterocycles. The van der Waals surface area contributed by atoms with Crippen molar-refractivity contribution < 1.29 is 19.4 Å². The third kappa shape index (κ3) is 5.11. The van der Waals surface area contributed by atoms with Gasteiger partial charge in [0.05, 0.1) is 5.02 Å².